The molecule has 0 bridgehead atoms. The molecule has 2 heterocycles. The number of hydrogen-bond acceptors (Lipinski definition) is 4. The third-order valence-electron chi connectivity index (χ3n) is 3.25. The Balaban J connectivity index is 2.24. The van der Waals surface area contributed by atoms with Crippen LogP contribution in [0.15, 0.2) is 18.3 Å². The first-order valence-corrected chi connectivity index (χ1v) is 6.35. The van der Waals surface area contributed by atoms with Crippen LogP contribution in [0, 0.1) is 0 Å². The summed E-state index contributed by atoms with van der Waals surface area (Å²) in [6, 6.07) is 4.54. The molecular weight excluding hydrogens is 214 g/mol. The number of hydrogen-bond donors (Lipinski definition) is 1. The van der Waals surface area contributed by atoms with Crippen molar-refractivity contribution in [3.8, 4) is 0 Å². The Kier molecular flexibility index (Phi) is 4.34. The van der Waals surface area contributed by atoms with Crippen LogP contribution in [-0.2, 0) is 11.2 Å². The quantitative estimate of drug-likeness (QED) is 0.852. The molecule has 2 rings (SSSR count). The van der Waals surface area contributed by atoms with Gasteiger partial charge in [0.2, 0.25) is 0 Å². The third kappa shape index (κ3) is 2.76. The fourth-order valence-corrected chi connectivity index (χ4v) is 2.31. The number of pyridine rings is 1. The average Bonchev–Trinajstić information content (AvgIpc) is 2.40. The SMILES string of the molecule is CCC1COCCN1c1ncccc1CCN. The fourth-order valence-electron chi connectivity index (χ4n) is 2.31. The second-order valence-corrected chi connectivity index (χ2v) is 4.36. The monoisotopic (exact) mass is 235 g/mol. The first-order valence-electron chi connectivity index (χ1n) is 6.35. The van der Waals surface area contributed by atoms with Crippen LogP contribution in [0.1, 0.15) is 18.9 Å². The minimum absolute atomic E-state index is 0.440. The molecule has 17 heavy (non-hydrogen) atoms. The normalized spacial score (nSPS) is 20.6. The lowest BCUT2D eigenvalue weighted by molar-refractivity contribution is 0.0925. The van der Waals surface area contributed by atoms with Crippen molar-refractivity contribution in [2.24, 2.45) is 5.73 Å². The van der Waals surface area contributed by atoms with E-state index in [1.54, 1.807) is 0 Å². The maximum atomic E-state index is 5.66. The van der Waals surface area contributed by atoms with Crippen molar-refractivity contribution >= 4 is 5.82 Å². The number of morpholine rings is 1. The van der Waals surface area contributed by atoms with Crippen molar-refractivity contribution in [3.05, 3.63) is 23.9 Å². The third-order valence-corrected chi connectivity index (χ3v) is 3.25. The first-order chi connectivity index (χ1) is 8.36. The van der Waals surface area contributed by atoms with Gasteiger partial charge in [0.1, 0.15) is 5.82 Å². The van der Waals surface area contributed by atoms with Gasteiger partial charge in [0.25, 0.3) is 0 Å². The van der Waals surface area contributed by atoms with Gasteiger partial charge in [-0.1, -0.05) is 13.0 Å². The highest BCUT2D eigenvalue weighted by Gasteiger charge is 2.24. The number of aromatic nitrogens is 1. The minimum Gasteiger partial charge on any atom is -0.377 e. The van der Waals surface area contributed by atoms with Gasteiger partial charge in [0, 0.05) is 12.7 Å². The van der Waals surface area contributed by atoms with Gasteiger partial charge in [-0.05, 0) is 31.0 Å². The summed E-state index contributed by atoms with van der Waals surface area (Å²) in [5.41, 5.74) is 6.90. The van der Waals surface area contributed by atoms with Crippen molar-refractivity contribution in [2.75, 3.05) is 31.2 Å². The molecule has 94 valence electrons. The zero-order chi connectivity index (χ0) is 12.1. The smallest absolute Gasteiger partial charge is 0.132 e. The van der Waals surface area contributed by atoms with E-state index in [4.69, 9.17) is 10.5 Å². The van der Waals surface area contributed by atoms with Crippen molar-refractivity contribution in [1.29, 1.82) is 0 Å². The highest BCUT2D eigenvalue weighted by molar-refractivity contribution is 5.48. The molecule has 0 saturated carbocycles. The van der Waals surface area contributed by atoms with Gasteiger partial charge >= 0.3 is 0 Å². The summed E-state index contributed by atoms with van der Waals surface area (Å²) in [5, 5.41) is 0. The van der Waals surface area contributed by atoms with E-state index in [2.05, 4.69) is 22.9 Å². The number of nitrogens with zero attached hydrogens (tertiary/aromatic N) is 2. The molecule has 1 aliphatic heterocycles. The Morgan fingerprint density at radius 1 is 1.59 bits per heavy atom. The van der Waals surface area contributed by atoms with Crippen molar-refractivity contribution in [3.63, 3.8) is 0 Å². The molecule has 4 heteroatoms. The molecule has 0 spiro atoms. The van der Waals surface area contributed by atoms with Gasteiger partial charge in [0.05, 0.1) is 19.3 Å². The van der Waals surface area contributed by atoms with Gasteiger partial charge in [-0.25, -0.2) is 4.98 Å². The fraction of sp³-hybridized carbons (Fsp3) is 0.615. The van der Waals surface area contributed by atoms with Crippen molar-refractivity contribution < 1.29 is 4.74 Å². The zero-order valence-electron chi connectivity index (χ0n) is 10.4. The van der Waals surface area contributed by atoms with E-state index in [9.17, 15) is 0 Å². The van der Waals surface area contributed by atoms with Gasteiger partial charge in [-0.3, -0.25) is 0 Å². The second-order valence-electron chi connectivity index (χ2n) is 4.36. The number of nitrogens with two attached hydrogens (primary N) is 1. The summed E-state index contributed by atoms with van der Waals surface area (Å²) in [6.07, 6.45) is 3.83. The second kappa shape index (κ2) is 5.98. The number of anilines is 1. The lowest BCUT2D eigenvalue weighted by Gasteiger charge is -2.37. The molecule has 1 aromatic rings. The number of rotatable bonds is 4. The molecular formula is C13H21N3O. The van der Waals surface area contributed by atoms with Gasteiger partial charge in [0.15, 0.2) is 0 Å². The van der Waals surface area contributed by atoms with E-state index in [0.717, 1.165) is 38.4 Å². The van der Waals surface area contributed by atoms with Gasteiger partial charge in [-0.15, -0.1) is 0 Å². The molecule has 0 radical (unpaired) electrons. The lowest BCUT2D eigenvalue weighted by Crippen LogP contribution is -2.46. The molecule has 4 nitrogen and oxygen atoms in total. The summed E-state index contributed by atoms with van der Waals surface area (Å²) < 4.78 is 5.53. The van der Waals surface area contributed by atoms with Crippen LogP contribution in [0.2, 0.25) is 0 Å². The van der Waals surface area contributed by atoms with E-state index in [1.165, 1.54) is 5.56 Å². The molecule has 1 saturated heterocycles. The molecule has 1 aliphatic rings. The van der Waals surface area contributed by atoms with E-state index >= 15 is 0 Å². The number of ether oxygens (including phenoxy) is 1. The summed E-state index contributed by atoms with van der Waals surface area (Å²) in [4.78, 5) is 6.90. The van der Waals surface area contributed by atoms with E-state index in [0.29, 0.717) is 12.6 Å². The van der Waals surface area contributed by atoms with E-state index in [1.807, 2.05) is 12.3 Å². The van der Waals surface area contributed by atoms with Crippen LogP contribution in [0.3, 0.4) is 0 Å². The predicted octanol–water partition coefficient (Wildman–Crippen LogP) is 1.20. The van der Waals surface area contributed by atoms with E-state index < -0.39 is 0 Å². The molecule has 0 aromatic carbocycles. The van der Waals surface area contributed by atoms with Crippen LogP contribution in [0.4, 0.5) is 5.82 Å². The van der Waals surface area contributed by atoms with Gasteiger partial charge < -0.3 is 15.4 Å². The van der Waals surface area contributed by atoms with Crippen LogP contribution >= 0.6 is 0 Å². The Bertz CT molecular complexity index is 356. The molecule has 0 amide bonds. The van der Waals surface area contributed by atoms with Crippen LogP contribution in [0.25, 0.3) is 0 Å². The topological polar surface area (TPSA) is 51.4 Å². The maximum Gasteiger partial charge on any atom is 0.132 e. The predicted molar refractivity (Wildman–Crippen MR) is 69.2 cm³/mol. The summed E-state index contributed by atoms with van der Waals surface area (Å²) in [5.74, 6) is 1.09. The van der Waals surface area contributed by atoms with Crippen LogP contribution < -0.4 is 10.6 Å². The van der Waals surface area contributed by atoms with Crippen LogP contribution in [0.5, 0.6) is 0 Å². The Morgan fingerprint density at radius 2 is 2.47 bits per heavy atom. The van der Waals surface area contributed by atoms with Crippen molar-refractivity contribution in [1.82, 2.24) is 4.98 Å². The van der Waals surface area contributed by atoms with E-state index in [-0.39, 0.29) is 0 Å². The molecule has 0 aliphatic carbocycles. The highest BCUT2D eigenvalue weighted by Crippen LogP contribution is 2.23. The largest absolute Gasteiger partial charge is 0.377 e. The lowest BCUT2D eigenvalue weighted by atomic mass is 10.1. The molecule has 1 fully saturated rings. The standard InChI is InChI=1S/C13H21N3O/c1-2-12-10-17-9-8-16(12)13-11(5-6-14)4-3-7-15-13/h3-4,7,12H,2,5-6,8-10,14H2,1H3. The molecule has 1 unspecified atom stereocenters. The Morgan fingerprint density at radius 3 is 3.24 bits per heavy atom. The Labute approximate surface area is 103 Å². The summed E-state index contributed by atoms with van der Waals surface area (Å²) >= 11 is 0. The van der Waals surface area contributed by atoms with Gasteiger partial charge in [-0.2, -0.15) is 0 Å². The first kappa shape index (κ1) is 12.3. The molecule has 1 atom stereocenters. The van der Waals surface area contributed by atoms with Crippen LogP contribution in [-0.4, -0.2) is 37.3 Å². The van der Waals surface area contributed by atoms with Crippen molar-refractivity contribution in [2.45, 2.75) is 25.8 Å². The average molecular weight is 235 g/mol. The molecule has 2 N–H and O–H groups in total. The highest BCUT2D eigenvalue weighted by atomic mass is 16.5. The molecule has 1 aromatic heterocycles. The zero-order valence-corrected chi connectivity index (χ0v) is 10.4. The Hall–Kier alpha value is -1.13. The summed E-state index contributed by atoms with van der Waals surface area (Å²) in [7, 11) is 0. The maximum absolute atomic E-state index is 5.66. The minimum atomic E-state index is 0.440. The summed E-state index contributed by atoms with van der Waals surface area (Å²) in [6.45, 7) is 5.37.